The van der Waals surface area contributed by atoms with Gasteiger partial charge in [0.25, 0.3) is 5.91 Å². The standard InChI is InChI=1S/C27H30ClNO13/c1-6-7-29-26(35)17-9-22(34)40-19-10-20(18(28)8-16(17)19)41-27-25(39-15(5)33)24(38-14(4)32)23(37-13(3)31)21(42-27)11-36-12(2)30/h8-10,21,23-25,27H,6-7,11H2,1-5H3,(H,29,35). The van der Waals surface area contributed by atoms with Crippen LogP contribution in [0.4, 0.5) is 0 Å². The van der Waals surface area contributed by atoms with Crippen LogP contribution in [0.25, 0.3) is 11.0 Å². The summed E-state index contributed by atoms with van der Waals surface area (Å²) in [6.45, 7) is 6.17. The molecule has 0 bridgehead atoms. The van der Waals surface area contributed by atoms with Crippen molar-refractivity contribution in [3.05, 3.63) is 39.2 Å². The van der Waals surface area contributed by atoms with Crippen LogP contribution in [0.15, 0.2) is 27.4 Å². The van der Waals surface area contributed by atoms with Crippen molar-refractivity contribution in [3.8, 4) is 5.75 Å². The van der Waals surface area contributed by atoms with E-state index in [1.165, 1.54) is 12.1 Å². The summed E-state index contributed by atoms with van der Waals surface area (Å²) in [6.07, 6.45) is -6.55. The molecule has 42 heavy (non-hydrogen) atoms. The van der Waals surface area contributed by atoms with Gasteiger partial charge in [0.15, 0.2) is 12.2 Å². The van der Waals surface area contributed by atoms with Crippen LogP contribution < -0.4 is 15.7 Å². The Labute approximate surface area is 244 Å². The Bertz CT molecular complexity index is 1420. The smallest absolute Gasteiger partial charge is 0.337 e. The maximum absolute atomic E-state index is 12.7. The van der Waals surface area contributed by atoms with Gasteiger partial charge in [0, 0.05) is 51.8 Å². The van der Waals surface area contributed by atoms with Gasteiger partial charge in [-0.2, -0.15) is 0 Å². The number of halogens is 1. The van der Waals surface area contributed by atoms with Crippen LogP contribution >= 0.6 is 11.6 Å². The molecule has 0 radical (unpaired) electrons. The van der Waals surface area contributed by atoms with E-state index in [0.29, 0.717) is 13.0 Å². The van der Waals surface area contributed by atoms with Gasteiger partial charge in [-0.05, 0) is 12.5 Å². The monoisotopic (exact) mass is 611 g/mol. The molecule has 1 amide bonds. The molecular weight excluding hydrogens is 582 g/mol. The normalized spacial score (nSPS) is 21.6. The van der Waals surface area contributed by atoms with E-state index in [0.717, 1.165) is 33.8 Å². The third-order valence-electron chi connectivity index (χ3n) is 5.77. The van der Waals surface area contributed by atoms with Gasteiger partial charge in [0.2, 0.25) is 12.4 Å². The number of hydrogen-bond acceptors (Lipinski definition) is 13. The van der Waals surface area contributed by atoms with E-state index in [2.05, 4.69) is 5.32 Å². The SMILES string of the molecule is CCCNC(=O)c1cc(=O)oc2cc(OC3OC(COC(C)=O)C(OC(C)=O)C(OC(C)=O)C3OC(C)=O)c(Cl)cc12. The van der Waals surface area contributed by atoms with Crippen molar-refractivity contribution in [2.45, 2.75) is 71.7 Å². The fourth-order valence-electron chi connectivity index (χ4n) is 4.18. The second-order valence-electron chi connectivity index (χ2n) is 9.20. The average molecular weight is 612 g/mol. The summed E-state index contributed by atoms with van der Waals surface area (Å²) in [7, 11) is 0. The Hall–Kier alpha value is -4.17. The van der Waals surface area contributed by atoms with Crippen LogP contribution in [0.3, 0.4) is 0 Å². The molecule has 5 atom stereocenters. The lowest BCUT2D eigenvalue weighted by atomic mass is 9.98. The summed E-state index contributed by atoms with van der Waals surface area (Å²) in [6, 6.07) is 3.59. The van der Waals surface area contributed by atoms with Crippen LogP contribution in [0.5, 0.6) is 5.75 Å². The van der Waals surface area contributed by atoms with Crippen LogP contribution in [-0.2, 0) is 42.9 Å². The van der Waals surface area contributed by atoms with E-state index in [1.807, 2.05) is 6.92 Å². The molecule has 1 fully saturated rings. The van der Waals surface area contributed by atoms with Crippen LogP contribution in [0, 0.1) is 0 Å². The van der Waals surface area contributed by atoms with Crippen molar-refractivity contribution >= 4 is 52.4 Å². The molecule has 1 N–H and O–H groups in total. The molecule has 1 aromatic heterocycles. The highest BCUT2D eigenvalue weighted by Gasteiger charge is 2.53. The zero-order valence-corrected chi connectivity index (χ0v) is 24.2. The highest BCUT2D eigenvalue weighted by molar-refractivity contribution is 6.33. The highest BCUT2D eigenvalue weighted by atomic mass is 35.5. The average Bonchev–Trinajstić information content (AvgIpc) is 2.89. The molecule has 0 spiro atoms. The summed E-state index contributed by atoms with van der Waals surface area (Å²) in [4.78, 5) is 72.4. The van der Waals surface area contributed by atoms with Gasteiger partial charge in [0.05, 0.1) is 10.6 Å². The maximum Gasteiger partial charge on any atom is 0.337 e. The van der Waals surface area contributed by atoms with Crippen LogP contribution in [0.1, 0.15) is 51.4 Å². The lowest BCUT2D eigenvalue weighted by Crippen LogP contribution is -2.63. The maximum atomic E-state index is 12.7. The summed E-state index contributed by atoms with van der Waals surface area (Å²) in [5, 5.41) is 2.83. The van der Waals surface area contributed by atoms with Gasteiger partial charge in [0.1, 0.15) is 24.0 Å². The number of benzene rings is 1. The molecule has 228 valence electrons. The first-order chi connectivity index (χ1) is 19.8. The number of hydrogen-bond donors (Lipinski definition) is 1. The predicted octanol–water partition coefficient (Wildman–Crippen LogP) is 2.05. The number of rotatable bonds is 10. The van der Waals surface area contributed by atoms with Gasteiger partial charge < -0.3 is 38.2 Å². The fourth-order valence-corrected chi connectivity index (χ4v) is 4.39. The van der Waals surface area contributed by atoms with E-state index < -0.39 is 72.7 Å². The minimum absolute atomic E-state index is 0.0236. The summed E-state index contributed by atoms with van der Waals surface area (Å²) >= 11 is 6.49. The number of carbonyl (C=O) groups excluding carboxylic acids is 5. The van der Waals surface area contributed by atoms with Crippen molar-refractivity contribution in [1.29, 1.82) is 0 Å². The molecular formula is C27H30ClNO13. The molecule has 2 aromatic rings. The van der Waals surface area contributed by atoms with Crippen LogP contribution in [-0.4, -0.2) is 73.6 Å². The number of nitrogens with one attached hydrogen (secondary N) is 1. The van der Waals surface area contributed by atoms with E-state index in [4.69, 9.17) is 44.4 Å². The molecule has 3 rings (SSSR count). The van der Waals surface area contributed by atoms with Gasteiger partial charge in [-0.1, -0.05) is 18.5 Å². The lowest BCUT2D eigenvalue weighted by Gasteiger charge is -2.43. The van der Waals surface area contributed by atoms with E-state index >= 15 is 0 Å². The van der Waals surface area contributed by atoms with Gasteiger partial charge in [-0.25, -0.2) is 4.79 Å². The summed E-state index contributed by atoms with van der Waals surface area (Å²) < 4.78 is 38.3. The number of esters is 4. The van der Waals surface area contributed by atoms with Crippen molar-refractivity contribution in [3.63, 3.8) is 0 Å². The molecule has 5 unspecified atom stereocenters. The van der Waals surface area contributed by atoms with E-state index in [1.54, 1.807) is 0 Å². The predicted molar refractivity (Wildman–Crippen MR) is 143 cm³/mol. The lowest BCUT2D eigenvalue weighted by molar-refractivity contribution is -0.288. The molecule has 1 aliphatic heterocycles. The minimum Gasteiger partial charge on any atom is -0.463 e. The molecule has 14 nitrogen and oxygen atoms in total. The Balaban J connectivity index is 2.08. The van der Waals surface area contributed by atoms with Gasteiger partial charge >= 0.3 is 29.5 Å². The number of amides is 1. The quantitative estimate of drug-likeness (QED) is 0.234. The third-order valence-corrected chi connectivity index (χ3v) is 6.06. The molecule has 1 saturated heterocycles. The van der Waals surface area contributed by atoms with Crippen molar-refractivity contribution < 1.29 is 56.8 Å². The van der Waals surface area contributed by atoms with E-state index in [-0.39, 0.29) is 27.3 Å². The Kier molecular flexibility index (Phi) is 10.9. The Morgan fingerprint density at radius 3 is 2.10 bits per heavy atom. The first kappa shape index (κ1) is 32.3. The first-order valence-corrected chi connectivity index (χ1v) is 13.2. The highest BCUT2D eigenvalue weighted by Crippen LogP contribution is 2.36. The zero-order chi connectivity index (χ0) is 31.1. The van der Waals surface area contributed by atoms with Gasteiger partial charge in [-0.15, -0.1) is 0 Å². The molecule has 2 heterocycles. The van der Waals surface area contributed by atoms with Crippen molar-refractivity contribution in [2.75, 3.05) is 13.2 Å². The molecule has 0 aliphatic carbocycles. The Morgan fingerprint density at radius 1 is 0.881 bits per heavy atom. The van der Waals surface area contributed by atoms with E-state index in [9.17, 15) is 28.8 Å². The molecule has 1 aromatic carbocycles. The van der Waals surface area contributed by atoms with Crippen molar-refractivity contribution in [1.82, 2.24) is 5.32 Å². The number of fused-ring (bicyclic) bond motifs is 1. The second-order valence-corrected chi connectivity index (χ2v) is 9.61. The molecule has 0 saturated carbocycles. The first-order valence-electron chi connectivity index (χ1n) is 12.8. The number of ether oxygens (including phenoxy) is 6. The summed E-state index contributed by atoms with van der Waals surface area (Å²) in [5.74, 6) is -3.78. The topological polar surface area (TPSA) is 183 Å². The Morgan fingerprint density at radius 2 is 1.50 bits per heavy atom. The summed E-state index contributed by atoms with van der Waals surface area (Å²) in [5.41, 5.74) is -0.852. The number of carbonyl (C=O) groups is 5. The second kappa shape index (κ2) is 14.1. The fraction of sp³-hybridized carbons (Fsp3) is 0.481. The zero-order valence-electron chi connectivity index (χ0n) is 23.4. The largest absolute Gasteiger partial charge is 0.463 e. The van der Waals surface area contributed by atoms with Crippen LogP contribution in [0.2, 0.25) is 5.02 Å². The minimum atomic E-state index is -1.58. The molecule has 1 aliphatic rings. The third kappa shape index (κ3) is 8.19. The van der Waals surface area contributed by atoms with Crippen molar-refractivity contribution in [2.24, 2.45) is 0 Å². The van der Waals surface area contributed by atoms with Gasteiger partial charge in [-0.3, -0.25) is 24.0 Å². The molecule has 15 heteroatoms.